The first-order valence-corrected chi connectivity index (χ1v) is 8.53. The molecule has 0 fully saturated rings. The minimum atomic E-state index is -3.69. The summed E-state index contributed by atoms with van der Waals surface area (Å²) in [6.45, 7) is 0. The van der Waals surface area contributed by atoms with Gasteiger partial charge in [0.1, 0.15) is 5.58 Å². The van der Waals surface area contributed by atoms with Crippen molar-refractivity contribution in [1.29, 1.82) is 0 Å². The molecule has 0 spiro atoms. The molecule has 3 rings (SSSR count). The highest BCUT2D eigenvalue weighted by Crippen LogP contribution is 2.22. The molecule has 0 saturated heterocycles. The average Bonchev–Trinajstić information content (AvgIpc) is 2.49. The van der Waals surface area contributed by atoms with Crippen LogP contribution in [0.2, 0.25) is 5.02 Å². The molecule has 1 N–H and O–H groups in total. The summed E-state index contributed by atoms with van der Waals surface area (Å²) < 4.78 is 33.0. The second kappa shape index (κ2) is 5.72. The molecule has 0 atom stereocenters. The quantitative estimate of drug-likeness (QED) is 0.700. The molecule has 0 radical (unpaired) electrons. The summed E-state index contributed by atoms with van der Waals surface area (Å²) in [6.07, 6.45) is 0. The Labute approximate surface area is 137 Å². The number of benzene rings is 2. The van der Waals surface area contributed by atoms with Gasteiger partial charge in [-0.2, -0.15) is 0 Å². The third-order valence-electron chi connectivity index (χ3n) is 3.00. The van der Waals surface area contributed by atoms with Crippen LogP contribution in [0.3, 0.4) is 0 Å². The Bertz CT molecular complexity index is 995. The van der Waals surface area contributed by atoms with E-state index in [0.29, 0.717) is 26.4 Å². The number of sulfonamides is 1. The monoisotopic (exact) mass is 351 g/mol. The first kappa shape index (κ1) is 15.0. The van der Waals surface area contributed by atoms with Crippen molar-refractivity contribution in [2.75, 3.05) is 4.72 Å². The van der Waals surface area contributed by atoms with Crippen molar-refractivity contribution in [3.05, 3.63) is 64.3 Å². The highest BCUT2D eigenvalue weighted by molar-refractivity contribution is 7.92. The van der Waals surface area contributed by atoms with Gasteiger partial charge in [-0.05, 0) is 66.8 Å². The molecule has 1 heterocycles. The number of fused-ring (bicyclic) bond motifs is 1. The third-order valence-corrected chi connectivity index (χ3v) is 4.85. The number of hydrogen-bond donors (Lipinski definition) is 1. The van der Waals surface area contributed by atoms with Crippen LogP contribution in [0.4, 0.5) is 5.69 Å². The lowest BCUT2D eigenvalue weighted by Crippen LogP contribution is -2.12. The number of nitrogens with one attached hydrogen (secondary N) is 1. The first-order valence-electron chi connectivity index (χ1n) is 6.26. The minimum Gasteiger partial charge on any atom is -0.445 e. The van der Waals surface area contributed by atoms with E-state index in [1.807, 2.05) is 0 Å². The summed E-state index contributed by atoms with van der Waals surface area (Å²) in [4.78, 5) is 0.141. The van der Waals surface area contributed by atoms with Gasteiger partial charge in [0.15, 0.2) is 4.71 Å². The van der Waals surface area contributed by atoms with Gasteiger partial charge in [-0.25, -0.2) is 8.42 Å². The van der Waals surface area contributed by atoms with Crippen molar-refractivity contribution < 1.29 is 12.8 Å². The zero-order chi connectivity index (χ0) is 15.7. The van der Waals surface area contributed by atoms with Gasteiger partial charge in [0.05, 0.1) is 4.90 Å². The Morgan fingerprint density at radius 3 is 2.45 bits per heavy atom. The van der Waals surface area contributed by atoms with E-state index in [0.717, 1.165) is 0 Å². The standard InChI is InChI=1S/C15H10ClNO3S2/c16-11-2-4-12(5-3-11)17-22(18,19)13-6-7-14-10(9-13)1-8-15(21)20-14/h1-9,17H. The molecule has 1 aromatic heterocycles. The van der Waals surface area contributed by atoms with Crippen LogP contribution in [0.1, 0.15) is 0 Å². The first-order chi connectivity index (χ1) is 10.4. The summed E-state index contributed by atoms with van der Waals surface area (Å²) in [5.74, 6) is 0. The van der Waals surface area contributed by atoms with E-state index in [1.165, 1.54) is 12.1 Å². The van der Waals surface area contributed by atoms with Crippen molar-refractivity contribution >= 4 is 50.5 Å². The van der Waals surface area contributed by atoms with Crippen molar-refractivity contribution in [3.8, 4) is 0 Å². The van der Waals surface area contributed by atoms with E-state index >= 15 is 0 Å². The van der Waals surface area contributed by atoms with Gasteiger partial charge in [-0.1, -0.05) is 11.6 Å². The SMILES string of the molecule is O=S(=O)(Nc1ccc(Cl)cc1)c1ccc2oc(=S)ccc2c1. The summed E-state index contributed by atoms with van der Waals surface area (Å²) in [7, 11) is -3.69. The van der Waals surface area contributed by atoms with E-state index in [9.17, 15) is 8.42 Å². The van der Waals surface area contributed by atoms with Crippen LogP contribution in [-0.4, -0.2) is 8.42 Å². The van der Waals surface area contributed by atoms with Gasteiger partial charge in [-0.3, -0.25) is 4.72 Å². The molecule has 3 aromatic rings. The van der Waals surface area contributed by atoms with Gasteiger partial charge >= 0.3 is 0 Å². The molecule has 0 aliphatic carbocycles. The predicted molar refractivity (Wildman–Crippen MR) is 89.3 cm³/mol. The number of halogens is 1. The van der Waals surface area contributed by atoms with E-state index in [2.05, 4.69) is 4.72 Å². The zero-order valence-electron chi connectivity index (χ0n) is 11.1. The van der Waals surface area contributed by atoms with Gasteiger partial charge in [0.25, 0.3) is 10.0 Å². The summed E-state index contributed by atoms with van der Waals surface area (Å²) in [6, 6.07) is 14.3. The molecular weight excluding hydrogens is 342 g/mol. The highest BCUT2D eigenvalue weighted by atomic mass is 35.5. The molecule has 0 saturated carbocycles. The van der Waals surface area contributed by atoms with Gasteiger partial charge in [0, 0.05) is 16.1 Å². The Balaban J connectivity index is 1.99. The second-order valence-corrected chi connectivity index (χ2v) is 7.09. The van der Waals surface area contributed by atoms with Crippen LogP contribution in [0.15, 0.2) is 63.9 Å². The fraction of sp³-hybridized carbons (Fsp3) is 0. The van der Waals surface area contributed by atoms with Crippen LogP contribution >= 0.6 is 23.8 Å². The number of anilines is 1. The summed E-state index contributed by atoms with van der Waals surface area (Å²) in [5.41, 5.74) is 0.980. The predicted octanol–water partition coefficient (Wildman–Crippen LogP) is 4.62. The smallest absolute Gasteiger partial charge is 0.261 e. The fourth-order valence-electron chi connectivity index (χ4n) is 1.95. The Morgan fingerprint density at radius 1 is 1.00 bits per heavy atom. The van der Waals surface area contributed by atoms with E-state index in [4.69, 9.17) is 28.2 Å². The molecule has 7 heteroatoms. The maximum atomic E-state index is 12.4. The van der Waals surface area contributed by atoms with Gasteiger partial charge < -0.3 is 4.42 Å². The topological polar surface area (TPSA) is 59.3 Å². The molecule has 4 nitrogen and oxygen atoms in total. The Morgan fingerprint density at radius 2 is 1.73 bits per heavy atom. The van der Waals surface area contributed by atoms with Crippen molar-refractivity contribution in [3.63, 3.8) is 0 Å². The van der Waals surface area contributed by atoms with Gasteiger partial charge in [0.2, 0.25) is 0 Å². The lowest BCUT2D eigenvalue weighted by atomic mass is 10.2. The van der Waals surface area contributed by atoms with Crippen LogP contribution in [0, 0.1) is 4.71 Å². The molecular formula is C15H10ClNO3S2. The molecule has 0 aliphatic rings. The Kier molecular flexibility index (Phi) is 3.90. The second-order valence-electron chi connectivity index (χ2n) is 4.57. The largest absolute Gasteiger partial charge is 0.445 e. The van der Waals surface area contributed by atoms with Crippen LogP contribution in [-0.2, 0) is 10.0 Å². The maximum Gasteiger partial charge on any atom is 0.261 e. The minimum absolute atomic E-state index is 0.141. The van der Waals surface area contributed by atoms with Crippen molar-refractivity contribution in [2.24, 2.45) is 0 Å². The molecule has 22 heavy (non-hydrogen) atoms. The molecule has 0 aliphatic heterocycles. The maximum absolute atomic E-state index is 12.4. The molecule has 2 aromatic carbocycles. The molecule has 0 amide bonds. The third kappa shape index (κ3) is 3.14. The molecule has 0 bridgehead atoms. The Hall–Kier alpha value is -1.89. The lowest BCUT2D eigenvalue weighted by Gasteiger charge is -2.08. The van der Waals surface area contributed by atoms with Gasteiger partial charge in [-0.15, -0.1) is 0 Å². The number of hydrogen-bond acceptors (Lipinski definition) is 4. The highest BCUT2D eigenvalue weighted by Gasteiger charge is 2.15. The molecule has 0 unspecified atom stereocenters. The van der Waals surface area contributed by atoms with Crippen LogP contribution < -0.4 is 4.72 Å². The summed E-state index contributed by atoms with van der Waals surface area (Å²) in [5, 5.41) is 1.20. The van der Waals surface area contributed by atoms with Crippen molar-refractivity contribution in [2.45, 2.75) is 4.90 Å². The summed E-state index contributed by atoms with van der Waals surface area (Å²) >= 11 is 10.7. The number of rotatable bonds is 3. The molecule has 112 valence electrons. The van der Waals surface area contributed by atoms with E-state index in [-0.39, 0.29) is 4.90 Å². The van der Waals surface area contributed by atoms with E-state index < -0.39 is 10.0 Å². The zero-order valence-corrected chi connectivity index (χ0v) is 13.5. The van der Waals surface area contributed by atoms with Crippen LogP contribution in [0.25, 0.3) is 11.0 Å². The van der Waals surface area contributed by atoms with Crippen molar-refractivity contribution in [1.82, 2.24) is 0 Å². The lowest BCUT2D eigenvalue weighted by molar-refractivity contribution is 0.586. The normalized spacial score (nSPS) is 11.5. The average molecular weight is 352 g/mol. The van der Waals surface area contributed by atoms with Crippen LogP contribution in [0.5, 0.6) is 0 Å². The van der Waals surface area contributed by atoms with E-state index in [1.54, 1.807) is 42.5 Å². The fourth-order valence-corrected chi connectivity index (χ4v) is 3.33.